The fraction of sp³-hybridized carbons (Fsp3) is 0.571. The molecule has 2 aliphatic carbocycles. The van der Waals surface area contributed by atoms with Crippen molar-refractivity contribution in [3.63, 3.8) is 0 Å². The molecule has 0 bridgehead atoms. The van der Waals surface area contributed by atoms with E-state index in [4.69, 9.17) is 4.52 Å². The molecule has 1 N–H and O–H groups in total. The largest absolute Gasteiger partial charge is 0.360 e. The molecule has 1 aromatic heterocycles. The number of hydrogen-bond donors (Lipinski definition) is 1. The minimum atomic E-state index is 0.596. The summed E-state index contributed by atoms with van der Waals surface area (Å²) in [5.41, 5.74) is 3.50. The van der Waals surface area contributed by atoms with Crippen molar-refractivity contribution in [1.82, 2.24) is 15.4 Å². The van der Waals surface area contributed by atoms with Gasteiger partial charge in [0.2, 0.25) is 0 Å². The maximum Gasteiger partial charge on any atom is 0.144 e. The van der Waals surface area contributed by atoms with Gasteiger partial charge in [-0.1, -0.05) is 35.5 Å². The third-order valence-corrected chi connectivity index (χ3v) is 6.32. The van der Waals surface area contributed by atoms with Gasteiger partial charge in [0.15, 0.2) is 0 Å². The molecule has 2 heterocycles. The highest BCUT2D eigenvalue weighted by Crippen LogP contribution is 2.44. The van der Waals surface area contributed by atoms with Gasteiger partial charge in [-0.05, 0) is 44.6 Å². The Labute approximate surface area is 149 Å². The van der Waals surface area contributed by atoms with Gasteiger partial charge in [0.1, 0.15) is 11.5 Å². The fourth-order valence-corrected chi connectivity index (χ4v) is 4.93. The highest BCUT2D eigenvalue weighted by Gasteiger charge is 2.40. The van der Waals surface area contributed by atoms with Gasteiger partial charge >= 0.3 is 0 Å². The van der Waals surface area contributed by atoms with Crippen molar-refractivity contribution in [2.45, 2.75) is 44.2 Å². The van der Waals surface area contributed by atoms with Crippen LogP contribution in [0.15, 0.2) is 34.9 Å². The van der Waals surface area contributed by atoms with Crippen molar-refractivity contribution >= 4 is 0 Å². The lowest BCUT2D eigenvalue weighted by Crippen LogP contribution is -2.29. The quantitative estimate of drug-likeness (QED) is 0.904. The molecule has 2 aromatic rings. The van der Waals surface area contributed by atoms with E-state index in [2.05, 4.69) is 52.8 Å². The van der Waals surface area contributed by atoms with Gasteiger partial charge in [0.25, 0.3) is 0 Å². The molecule has 132 valence electrons. The maximum absolute atomic E-state index is 5.78. The van der Waals surface area contributed by atoms with E-state index in [9.17, 15) is 0 Å². The molecule has 4 heteroatoms. The van der Waals surface area contributed by atoms with Gasteiger partial charge in [-0.15, -0.1) is 0 Å². The van der Waals surface area contributed by atoms with E-state index in [1.165, 1.54) is 49.9 Å². The Bertz CT molecular complexity index is 723. The van der Waals surface area contributed by atoms with Crippen molar-refractivity contribution in [3.8, 4) is 11.3 Å². The van der Waals surface area contributed by atoms with Crippen molar-refractivity contribution in [3.05, 3.63) is 41.7 Å². The zero-order valence-electron chi connectivity index (χ0n) is 14.9. The summed E-state index contributed by atoms with van der Waals surface area (Å²) in [6, 6.07) is 11.1. The minimum absolute atomic E-state index is 0.596. The number of benzene rings is 1. The van der Waals surface area contributed by atoms with Crippen LogP contribution in [0.5, 0.6) is 0 Å². The lowest BCUT2D eigenvalue weighted by Gasteiger charge is -2.16. The predicted octanol–water partition coefficient (Wildman–Crippen LogP) is 3.65. The van der Waals surface area contributed by atoms with Crippen molar-refractivity contribution < 1.29 is 4.52 Å². The third-order valence-electron chi connectivity index (χ3n) is 6.32. The Morgan fingerprint density at radius 2 is 1.84 bits per heavy atom. The molecule has 1 aromatic carbocycles. The summed E-state index contributed by atoms with van der Waals surface area (Å²) in [6.45, 7) is 3.44. The van der Waals surface area contributed by atoms with Crippen LogP contribution in [0.1, 0.15) is 42.9 Å². The summed E-state index contributed by atoms with van der Waals surface area (Å²) in [5.74, 6) is 3.51. The number of hydrogen-bond acceptors (Lipinski definition) is 4. The molecule has 3 aliphatic rings. The highest BCUT2D eigenvalue weighted by molar-refractivity contribution is 5.63. The molecule has 3 fully saturated rings. The number of likely N-dealkylation sites (tertiary alicyclic amines) is 1. The summed E-state index contributed by atoms with van der Waals surface area (Å²) in [6.07, 6.45) is 5.13. The molecule has 2 atom stereocenters. The van der Waals surface area contributed by atoms with Gasteiger partial charge in [0.05, 0.1) is 0 Å². The average Bonchev–Trinajstić information content (AvgIpc) is 3.12. The van der Waals surface area contributed by atoms with Crippen LogP contribution in [0.2, 0.25) is 0 Å². The molecule has 1 saturated heterocycles. The first-order valence-electron chi connectivity index (χ1n) is 9.73. The second-order valence-corrected chi connectivity index (χ2v) is 8.30. The smallest absolute Gasteiger partial charge is 0.144 e. The third kappa shape index (κ3) is 3.02. The standard InChI is InChI=1S/C21H27N3O/c1-24-12-16-9-18(10-17(16)13-24)22-11-19-20(14-5-3-2-4-6-14)23-25-21(19)15-7-8-15/h2-6,15-18,22H,7-13H2,1H3. The second-order valence-electron chi connectivity index (χ2n) is 8.30. The second kappa shape index (κ2) is 6.26. The summed E-state index contributed by atoms with van der Waals surface area (Å²) in [7, 11) is 2.26. The number of rotatable bonds is 5. The normalized spacial score (nSPS) is 29.2. The number of nitrogens with one attached hydrogen (secondary N) is 1. The monoisotopic (exact) mass is 337 g/mol. The Morgan fingerprint density at radius 3 is 2.52 bits per heavy atom. The topological polar surface area (TPSA) is 41.3 Å². The molecule has 5 rings (SSSR count). The maximum atomic E-state index is 5.78. The van der Waals surface area contributed by atoms with E-state index in [1.807, 2.05) is 0 Å². The van der Waals surface area contributed by atoms with Crippen molar-refractivity contribution in [2.75, 3.05) is 20.1 Å². The first-order valence-corrected chi connectivity index (χ1v) is 9.73. The van der Waals surface area contributed by atoms with Crippen LogP contribution in [0.25, 0.3) is 11.3 Å². The Balaban J connectivity index is 1.32. The summed E-state index contributed by atoms with van der Waals surface area (Å²) < 4.78 is 5.78. The number of aromatic nitrogens is 1. The van der Waals surface area contributed by atoms with E-state index >= 15 is 0 Å². The van der Waals surface area contributed by atoms with Crippen LogP contribution < -0.4 is 5.32 Å². The highest BCUT2D eigenvalue weighted by atomic mass is 16.5. The Morgan fingerprint density at radius 1 is 1.12 bits per heavy atom. The zero-order valence-corrected chi connectivity index (χ0v) is 14.9. The first kappa shape index (κ1) is 15.6. The minimum Gasteiger partial charge on any atom is -0.360 e. The van der Waals surface area contributed by atoms with Gasteiger partial charge in [0, 0.05) is 42.7 Å². The van der Waals surface area contributed by atoms with Crippen molar-refractivity contribution in [2.24, 2.45) is 11.8 Å². The van der Waals surface area contributed by atoms with Crippen LogP contribution in [-0.2, 0) is 6.54 Å². The Kier molecular flexibility index (Phi) is 3.90. The molecular formula is C21H27N3O. The molecule has 0 spiro atoms. The van der Waals surface area contributed by atoms with Crippen LogP contribution in [-0.4, -0.2) is 36.2 Å². The summed E-state index contributed by atoms with van der Waals surface area (Å²) >= 11 is 0. The molecule has 0 radical (unpaired) electrons. The molecule has 25 heavy (non-hydrogen) atoms. The Hall–Kier alpha value is -1.65. The van der Waals surface area contributed by atoms with Crippen LogP contribution in [0.4, 0.5) is 0 Å². The van der Waals surface area contributed by atoms with Gasteiger partial charge in [-0.25, -0.2) is 0 Å². The summed E-state index contributed by atoms with van der Waals surface area (Å²) in [4.78, 5) is 2.49. The average molecular weight is 337 g/mol. The molecular weight excluding hydrogens is 310 g/mol. The van der Waals surface area contributed by atoms with Gasteiger partial charge < -0.3 is 14.7 Å². The lowest BCUT2D eigenvalue weighted by atomic mass is 10.0. The van der Waals surface area contributed by atoms with Gasteiger partial charge in [-0.3, -0.25) is 0 Å². The zero-order chi connectivity index (χ0) is 16.8. The lowest BCUT2D eigenvalue weighted by molar-refractivity contribution is 0.357. The van der Waals surface area contributed by atoms with E-state index in [1.54, 1.807) is 0 Å². The molecule has 4 nitrogen and oxygen atoms in total. The fourth-order valence-electron chi connectivity index (χ4n) is 4.93. The molecule has 1 aliphatic heterocycles. The van der Waals surface area contributed by atoms with Gasteiger partial charge in [-0.2, -0.15) is 0 Å². The molecule has 2 unspecified atom stereocenters. The SMILES string of the molecule is CN1CC2CC(NCc3c(-c4ccccc4)noc3C3CC3)CC2C1. The van der Waals surface area contributed by atoms with Crippen LogP contribution >= 0.6 is 0 Å². The van der Waals surface area contributed by atoms with Crippen LogP contribution in [0, 0.1) is 11.8 Å². The molecule has 0 amide bonds. The van der Waals surface area contributed by atoms with Crippen molar-refractivity contribution in [1.29, 1.82) is 0 Å². The number of nitrogens with zero attached hydrogens (tertiary/aromatic N) is 2. The molecule has 2 saturated carbocycles. The van der Waals surface area contributed by atoms with E-state index in [-0.39, 0.29) is 0 Å². The van der Waals surface area contributed by atoms with E-state index < -0.39 is 0 Å². The predicted molar refractivity (Wildman–Crippen MR) is 98.3 cm³/mol. The number of fused-ring (bicyclic) bond motifs is 1. The first-order chi connectivity index (χ1) is 12.3. The van der Waals surface area contributed by atoms with E-state index in [0.29, 0.717) is 12.0 Å². The summed E-state index contributed by atoms with van der Waals surface area (Å²) in [5, 5.41) is 8.28. The van der Waals surface area contributed by atoms with E-state index in [0.717, 1.165) is 29.8 Å². The van der Waals surface area contributed by atoms with Crippen LogP contribution in [0.3, 0.4) is 0 Å².